The Balaban J connectivity index is 2.14. The summed E-state index contributed by atoms with van der Waals surface area (Å²) in [6, 6.07) is 3.84. The Hall–Kier alpha value is -2.50. The summed E-state index contributed by atoms with van der Waals surface area (Å²) in [7, 11) is 3.00. The van der Waals surface area contributed by atoms with Crippen LogP contribution >= 0.6 is 0 Å². The lowest BCUT2D eigenvalue weighted by molar-refractivity contribution is 0.0886. The zero-order valence-electron chi connectivity index (χ0n) is 11.1. The van der Waals surface area contributed by atoms with Crippen LogP contribution in [0.2, 0.25) is 0 Å². The fraction of sp³-hybridized carbons (Fsp3) is 0.214. The molecule has 1 aromatic carbocycles. The Morgan fingerprint density at radius 3 is 2.65 bits per heavy atom. The third kappa shape index (κ3) is 2.74. The number of aryl methyl sites for hydroxylation is 1. The molecule has 0 atom stereocenters. The van der Waals surface area contributed by atoms with Gasteiger partial charge in [-0.3, -0.25) is 9.59 Å². The number of halogens is 1. The van der Waals surface area contributed by atoms with Crippen molar-refractivity contribution < 1.29 is 18.7 Å². The number of hydrogen-bond donors (Lipinski definition) is 0. The van der Waals surface area contributed by atoms with Crippen molar-refractivity contribution in [1.82, 2.24) is 9.55 Å². The predicted octanol–water partition coefficient (Wildman–Crippen LogP) is 2.02. The predicted molar refractivity (Wildman–Crippen MR) is 69.4 cm³/mol. The van der Waals surface area contributed by atoms with Gasteiger partial charge in [0.05, 0.1) is 13.5 Å². The van der Waals surface area contributed by atoms with Crippen LogP contribution in [0.3, 0.4) is 0 Å². The standard InChI is InChI=1S/C14H13FN2O3/c1-17-6-5-16-14(17)12(19)8-11(18)9-3-4-13(20-2)10(15)7-9/h3-7H,8H2,1-2H3. The fourth-order valence-corrected chi connectivity index (χ4v) is 1.80. The zero-order chi connectivity index (χ0) is 14.7. The van der Waals surface area contributed by atoms with E-state index in [1.807, 2.05) is 0 Å². The van der Waals surface area contributed by atoms with Crippen molar-refractivity contribution in [3.05, 3.63) is 47.8 Å². The van der Waals surface area contributed by atoms with Crippen molar-refractivity contribution in [2.75, 3.05) is 7.11 Å². The highest BCUT2D eigenvalue weighted by molar-refractivity contribution is 6.12. The summed E-state index contributed by atoms with van der Waals surface area (Å²) in [6.45, 7) is 0. The van der Waals surface area contributed by atoms with Crippen LogP contribution in [0.5, 0.6) is 5.75 Å². The molecule has 0 saturated carbocycles. The Morgan fingerprint density at radius 1 is 1.35 bits per heavy atom. The summed E-state index contributed by atoms with van der Waals surface area (Å²) in [5.74, 6) is -1.25. The molecule has 0 saturated heterocycles. The van der Waals surface area contributed by atoms with Crippen LogP contribution in [0, 0.1) is 5.82 Å². The summed E-state index contributed by atoms with van der Waals surface area (Å²) < 4.78 is 19.8. The van der Waals surface area contributed by atoms with Gasteiger partial charge in [0, 0.05) is 25.0 Å². The molecule has 20 heavy (non-hydrogen) atoms. The minimum absolute atomic E-state index is 0.0528. The SMILES string of the molecule is COc1ccc(C(=O)CC(=O)c2nccn2C)cc1F. The van der Waals surface area contributed by atoms with E-state index < -0.39 is 17.4 Å². The van der Waals surface area contributed by atoms with E-state index in [4.69, 9.17) is 4.74 Å². The lowest BCUT2D eigenvalue weighted by Crippen LogP contribution is -2.13. The van der Waals surface area contributed by atoms with Crippen molar-refractivity contribution >= 4 is 11.6 Å². The maximum Gasteiger partial charge on any atom is 0.205 e. The Labute approximate surface area is 115 Å². The van der Waals surface area contributed by atoms with E-state index in [2.05, 4.69) is 4.98 Å². The third-order valence-electron chi connectivity index (χ3n) is 2.87. The second kappa shape index (κ2) is 5.64. The molecule has 0 spiro atoms. The largest absolute Gasteiger partial charge is 0.494 e. The molecule has 0 bridgehead atoms. The molecule has 0 aliphatic carbocycles. The van der Waals surface area contributed by atoms with Crippen molar-refractivity contribution in [1.29, 1.82) is 0 Å². The van der Waals surface area contributed by atoms with Gasteiger partial charge < -0.3 is 9.30 Å². The van der Waals surface area contributed by atoms with E-state index in [1.165, 1.54) is 30.0 Å². The van der Waals surface area contributed by atoms with E-state index in [0.717, 1.165) is 6.07 Å². The number of ketones is 2. The number of rotatable bonds is 5. The molecule has 0 aliphatic heterocycles. The molecule has 0 fully saturated rings. The molecule has 0 unspecified atom stereocenters. The van der Waals surface area contributed by atoms with Gasteiger partial charge in [0.25, 0.3) is 0 Å². The first kappa shape index (κ1) is 13.9. The summed E-state index contributed by atoms with van der Waals surface area (Å²) >= 11 is 0. The lowest BCUT2D eigenvalue weighted by atomic mass is 10.1. The second-order valence-corrected chi connectivity index (χ2v) is 4.23. The van der Waals surface area contributed by atoms with Gasteiger partial charge in [-0.15, -0.1) is 0 Å². The molecule has 0 N–H and O–H groups in total. The van der Waals surface area contributed by atoms with Crippen LogP contribution in [0.15, 0.2) is 30.6 Å². The monoisotopic (exact) mass is 276 g/mol. The number of benzene rings is 1. The zero-order valence-corrected chi connectivity index (χ0v) is 11.1. The summed E-state index contributed by atoms with van der Waals surface area (Å²) in [5.41, 5.74) is 0.130. The minimum Gasteiger partial charge on any atom is -0.494 e. The number of hydrogen-bond acceptors (Lipinski definition) is 4. The van der Waals surface area contributed by atoms with Crippen LogP contribution < -0.4 is 4.74 Å². The minimum atomic E-state index is -0.636. The maximum absolute atomic E-state index is 13.5. The van der Waals surface area contributed by atoms with E-state index >= 15 is 0 Å². The van der Waals surface area contributed by atoms with Gasteiger partial charge in [0.1, 0.15) is 0 Å². The van der Waals surface area contributed by atoms with Crippen molar-refractivity contribution in [3.8, 4) is 5.75 Å². The first-order valence-corrected chi connectivity index (χ1v) is 5.90. The van der Waals surface area contributed by atoms with Gasteiger partial charge in [-0.25, -0.2) is 9.37 Å². The van der Waals surface area contributed by atoms with Gasteiger partial charge in [-0.05, 0) is 18.2 Å². The quantitative estimate of drug-likeness (QED) is 0.619. The van der Waals surface area contributed by atoms with Gasteiger partial charge in [-0.2, -0.15) is 0 Å². The molecular formula is C14H13FN2O3. The number of ether oxygens (including phenoxy) is 1. The molecule has 6 heteroatoms. The van der Waals surface area contributed by atoms with Gasteiger partial charge >= 0.3 is 0 Å². The molecule has 1 heterocycles. The Morgan fingerprint density at radius 2 is 2.10 bits per heavy atom. The first-order chi connectivity index (χ1) is 9.52. The number of carbonyl (C=O) groups is 2. The van der Waals surface area contributed by atoms with E-state index in [9.17, 15) is 14.0 Å². The highest BCUT2D eigenvalue weighted by Crippen LogP contribution is 2.19. The molecule has 0 radical (unpaired) electrons. The molecule has 0 aliphatic rings. The van der Waals surface area contributed by atoms with Crippen molar-refractivity contribution in [2.45, 2.75) is 6.42 Å². The van der Waals surface area contributed by atoms with Crippen LogP contribution in [-0.4, -0.2) is 28.2 Å². The van der Waals surface area contributed by atoms with Crippen LogP contribution in [0.25, 0.3) is 0 Å². The molecule has 0 amide bonds. The number of methoxy groups -OCH3 is 1. The van der Waals surface area contributed by atoms with Gasteiger partial charge in [-0.1, -0.05) is 0 Å². The van der Waals surface area contributed by atoms with Crippen LogP contribution in [0.1, 0.15) is 27.4 Å². The maximum atomic E-state index is 13.5. The number of carbonyl (C=O) groups excluding carboxylic acids is 2. The molecule has 2 rings (SSSR count). The second-order valence-electron chi connectivity index (χ2n) is 4.23. The number of aromatic nitrogens is 2. The molecule has 2 aromatic rings. The number of nitrogens with zero attached hydrogens (tertiary/aromatic N) is 2. The van der Waals surface area contributed by atoms with Crippen molar-refractivity contribution in [3.63, 3.8) is 0 Å². The van der Waals surface area contributed by atoms with E-state index in [1.54, 1.807) is 13.2 Å². The van der Waals surface area contributed by atoms with Crippen LogP contribution in [0.4, 0.5) is 4.39 Å². The first-order valence-electron chi connectivity index (χ1n) is 5.90. The van der Waals surface area contributed by atoms with Gasteiger partial charge in [0.15, 0.2) is 23.2 Å². The summed E-state index contributed by atoms with van der Waals surface area (Å²) in [4.78, 5) is 27.7. The summed E-state index contributed by atoms with van der Waals surface area (Å²) in [5, 5.41) is 0. The topological polar surface area (TPSA) is 61.2 Å². The highest BCUT2D eigenvalue weighted by atomic mass is 19.1. The van der Waals surface area contributed by atoms with Gasteiger partial charge in [0.2, 0.25) is 5.78 Å². The Bertz CT molecular complexity index is 664. The molecule has 104 valence electrons. The highest BCUT2D eigenvalue weighted by Gasteiger charge is 2.18. The number of Topliss-reactive ketones (excluding diaryl/α,β-unsaturated/α-hetero) is 2. The van der Waals surface area contributed by atoms with Crippen LogP contribution in [-0.2, 0) is 7.05 Å². The lowest BCUT2D eigenvalue weighted by Gasteiger charge is -2.04. The average molecular weight is 276 g/mol. The Kier molecular flexibility index (Phi) is 3.93. The smallest absolute Gasteiger partial charge is 0.205 e. The van der Waals surface area contributed by atoms with Crippen molar-refractivity contribution in [2.24, 2.45) is 7.05 Å². The fourth-order valence-electron chi connectivity index (χ4n) is 1.80. The van der Waals surface area contributed by atoms with E-state index in [-0.39, 0.29) is 23.6 Å². The normalized spacial score (nSPS) is 10.3. The number of imidazole rings is 1. The van der Waals surface area contributed by atoms with E-state index in [0.29, 0.717) is 0 Å². The third-order valence-corrected chi connectivity index (χ3v) is 2.87. The summed E-state index contributed by atoms with van der Waals surface area (Å²) in [6.07, 6.45) is 2.74. The molecular weight excluding hydrogens is 263 g/mol. The molecule has 1 aromatic heterocycles. The average Bonchev–Trinajstić information content (AvgIpc) is 2.84. The molecule has 5 nitrogen and oxygen atoms in total.